The molecule has 0 fully saturated rings. The lowest BCUT2D eigenvalue weighted by Gasteiger charge is -2.00. The molecule has 4 N–H and O–H groups in total. The summed E-state index contributed by atoms with van der Waals surface area (Å²) in [7, 11) is 0. The van der Waals surface area contributed by atoms with Crippen LogP contribution in [-0.4, -0.2) is 15.4 Å². The zero-order valence-corrected chi connectivity index (χ0v) is 6.05. The van der Waals surface area contributed by atoms with Gasteiger partial charge in [0.1, 0.15) is 5.69 Å². The first-order valence-corrected chi connectivity index (χ1v) is 3.13. The van der Waals surface area contributed by atoms with Crippen molar-refractivity contribution in [2.24, 2.45) is 5.84 Å². The molecule has 1 heterocycles. The number of aromatic amines is 1. The van der Waals surface area contributed by atoms with Crippen molar-refractivity contribution in [1.29, 1.82) is 0 Å². The fourth-order valence-corrected chi connectivity index (χ4v) is 0.748. The number of aromatic nitrogens is 3. The second-order valence-electron chi connectivity index (χ2n) is 2.36. The number of hydrogen-bond donors (Lipinski definition) is 3. The van der Waals surface area contributed by atoms with Gasteiger partial charge in [-0.05, 0) is 0 Å². The monoisotopic (exact) mass is 141 g/mol. The van der Waals surface area contributed by atoms with E-state index in [0.717, 1.165) is 5.69 Å². The number of nitrogens with two attached hydrogens (primary N) is 1. The molecule has 0 aliphatic heterocycles. The van der Waals surface area contributed by atoms with Gasteiger partial charge in [0.15, 0.2) is 5.82 Å². The standard InChI is InChI=1S/C5H11N5/c1-3(2)4-5(7-6)9-10-8-4/h3H,6H2,1-2H3,(H2,7,8,9,10). The van der Waals surface area contributed by atoms with E-state index in [4.69, 9.17) is 5.84 Å². The second-order valence-corrected chi connectivity index (χ2v) is 2.36. The topological polar surface area (TPSA) is 79.6 Å². The van der Waals surface area contributed by atoms with Crippen LogP contribution in [0.3, 0.4) is 0 Å². The van der Waals surface area contributed by atoms with E-state index >= 15 is 0 Å². The first-order chi connectivity index (χ1) is 4.75. The van der Waals surface area contributed by atoms with Gasteiger partial charge in [0, 0.05) is 5.92 Å². The van der Waals surface area contributed by atoms with E-state index in [-0.39, 0.29) is 0 Å². The first-order valence-electron chi connectivity index (χ1n) is 3.13. The summed E-state index contributed by atoms with van der Waals surface area (Å²) in [5.41, 5.74) is 3.32. The molecule has 10 heavy (non-hydrogen) atoms. The molecule has 0 aliphatic carbocycles. The van der Waals surface area contributed by atoms with E-state index in [1.165, 1.54) is 0 Å². The van der Waals surface area contributed by atoms with Gasteiger partial charge in [0.05, 0.1) is 0 Å². The van der Waals surface area contributed by atoms with Crippen molar-refractivity contribution < 1.29 is 0 Å². The fourth-order valence-electron chi connectivity index (χ4n) is 0.748. The maximum Gasteiger partial charge on any atom is 0.185 e. The van der Waals surface area contributed by atoms with E-state index in [9.17, 15) is 0 Å². The van der Waals surface area contributed by atoms with Crippen molar-refractivity contribution in [3.8, 4) is 0 Å². The first kappa shape index (κ1) is 7.01. The van der Waals surface area contributed by atoms with Gasteiger partial charge >= 0.3 is 0 Å². The summed E-state index contributed by atoms with van der Waals surface area (Å²) in [5, 5.41) is 10.2. The average Bonchev–Trinajstić information content (AvgIpc) is 2.33. The van der Waals surface area contributed by atoms with Crippen LogP contribution in [0.1, 0.15) is 25.5 Å². The van der Waals surface area contributed by atoms with E-state index < -0.39 is 0 Å². The molecule has 0 saturated carbocycles. The number of nitrogen functional groups attached to an aromatic ring is 1. The normalized spacial score (nSPS) is 10.4. The molecule has 56 valence electrons. The van der Waals surface area contributed by atoms with Crippen molar-refractivity contribution >= 4 is 5.82 Å². The molecule has 0 radical (unpaired) electrons. The maximum absolute atomic E-state index is 5.16. The summed E-state index contributed by atoms with van der Waals surface area (Å²) in [6, 6.07) is 0. The van der Waals surface area contributed by atoms with Crippen LogP contribution in [0.15, 0.2) is 0 Å². The highest BCUT2D eigenvalue weighted by Crippen LogP contribution is 2.16. The van der Waals surface area contributed by atoms with Gasteiger partial charge in [0.2, 0.25) is 0 Å². The highest BCUT2D eigenvalue weighted by Gasteiger charge is 2.08. The van der Waals surface area contributed by atoms with Crippen LogP contribution in [0.5, 0.6) is 0 Å². The number of nitrogens with zero attached hydrogens (tertiary/aromatic N) is 2. The Bertz CT molecular complexity index is 204. The molecule has 0 unspecified atom stereocenters. The SMILES string of the molecule is CC(C)c1n[nH]nc1NN. The lowest BCUT2D eigenvalue weighted by molar-refractivity contribution is 0.804. The molecular weight excluding hydrogens is 130 g/mol. The van der Waals surface area contributed by atoms with Gasteiger partial charge in [-0.3, -0.25) is 0 Å². The third kappa shape index (κ3) is 1.08. The van der Waals surface area contributed by atoms with Crippen LogP contribution < -0.4 is 11.3 Å². The zero-order valence-electron chi connectivity index (χ0n) is 6.05. The summed E-state index contributed by atoms with van der Waals surface area (Å²) < 4.78 is 0. The Morgan fingerprint density at radius 3 is 2.60 bits per heavy atom. The van der Waals surface area contributed by atoms with Gasteiger partial charge in [-0.25, -0.2) is 5.84 Å². The van der Waals surface area contributed by atoms with Crippen LogP contribution in [0, 0.1) is 0 Å². The van der Waals surface area contributed by atoms with Gasteiger partial charge in [-0.15, -0.1) is 5.10 Å². The Morgan fingerprint density at radius 1 is 1.50 bits per heavy atom. The fraction of sp³-hybridized carbons (Fsp3) is 0.600. The Balaban J connectivity index is 2.90. The van der Waals surface area contributed by atoms with Crippen molar-refractivity contribution in [1.82, 2.24) is 15.4 Å². The van der Waals surface area contributed by atoms with Crippen LogP contribution >= 0.6 is 0 Å². The van der Waals surface area contributed by atoms with Gasteiger partial charge in [0.25, 0.3) is 0 Å². The second kappa shape index (κ2) is 2.66. The summed E-state index contributed by atoms with van der Waals surface area (Å²) in [6.07, 6.45) is 0. The Morgan fingerprint density at radius 2 is 2.20 bits per heavy atom. The summed E-state index contributed by atoms with van der Waals surface area (Å²) in [5.74, 6) is 6.12. The van der Waals surface area contributed by atoms with E-state index in [0.29, 0.717) is 11.7 Å². The minimum Gasteiger partial charge on any atom is -0.305 e. The van der Waals surface area contributed by atoms with E-state index in [2.05, 4.69) is 20.8 Å². The van der Waals surface area contributed by atoms with Gasteiger partial charge in [-0.2, -0.15) is 10.3 Å². The summed E-state index contributed by atoms with van der Waals surface area (Å²) in [4.78, 5) is 0. The Hall–Kier alpha value is -1.10. The van der Waals surface area contributed by atoms with Crippen molar-refractivity contribution in [2.75, 3.05) is 5.43 Å². The van der Waals surface area contributed by atoms with Gasteiger partial charge in [-0.1, -0.05) is 13.8 Å². The number of nitrogens with one attached hydrogen (secondary N) is 2. The number of hydrogen-bond acceptors (Lipinski definition) is 4. The van der Waals surface area contributed by atoms with Crippen molar-refractivity contribution in [2.45, 2.75) is 19.8 Å². The molecule has 0 saturated heterocycles. The molecule has 1 rings (SSSR count). The Labute approximate surface area is 59.0 Å². The van der Waals surface area contributed by atoms with Crippen LogP contribution in [0.25, 0.3) is 0 Å². The number of hydrazine groups is 1. The smallest absolute Gasteiger partial charge is 0.185 e. The highest BCUT2D eigenvalue weighted by atomic mass is 15.4. The highest BCUT2D eigenvalue weighted by molar-refractivity contribution is 5.38. The predicted molar refractivity (Wildman–Crippen MR) is 38.3 cm³/mol. The molecule has 1 aromatic rings. The van der Waals surface area contributed by atoms with E-state index in [1.54, 1.807) is 0 Å². The average molecular weight is 141 g/mol. The quantitative estimate of drug-likeness (QED) is 0.406. The summed E-state index contributed by atoms with van der Waals surface area (Å²) >= 11 is 0. The molecule has 0 aromatic carbocycles. The van der Waals surface area contributed by atoms with Crippen molar-refractivity contribution in [3.05, 3.63) is 5.69 Å². The molecular formula is C5H11N5. The zero-order chi connectivity index (χ0) is 7.56. The van der Waals surface area contributed by atoms with Crippen LogP contribution in [-0.2, 0) is 0 Å². The molecule has 1 aromatic heterocycles. The molecule has 0 atom stereocenters. The van der Waals surface area contributed by atoms with E-state index in [1.807, 2.05) is 13.8 Å². The third-order valence-electron chi connectivity index (χ3n) is 1.26. The molecule has 0 spiro atoms. The van der Waals surface area contributed by atoms with Crippen LogP contribution in [0.4, 0.5) is 5.82 Å². The van der Waals surface area contributed by atoms with Crippen LogP contribution in [0.2, 0.25) is 0 Å². The predicted octanol–water partition coefficient (Wildman–Crippen LogP) is 0.214. The molecule has 0 aliphatic rings. The lowest BCUT2D eigenvalue weighted by Crippen LogP contribution is -2.09. The number of H-pyrrole nitrogens is 1. The molecule has 0 amide bonds. The van der Waals surface area contributed by atoms with Crippen molar-refractivity contribution in [3.63, 3.8) is 0 Å². The minimum absolute atomic E-state index is 0.338. The molecule has 5 nitrogen and oxygen atoms in total. The lowest BCUT2D eigenvalue weighted by atomic mass is 10.1. The summed E-state index contributed by atoms with van der Waals surface area (Å²) in [6.45, 7) is 4.05. The van der Waals surface area contributed by atoms with Gasteiger partial charge < -0.3 is 5.43 Å². The number of rotatable bonds is 2. The minimum atomic E-state index is 0.338. The Kier molecular flexibility index (Phi) is 1.86. The molecule has 0 bridgehead atoms. The molecule has 5 heteroatoms. The third-order valence-corrected chi connectivity index (χ3v) is 1.26. The largest absolute Gasteiger partial charge is 0.305 e. The number of anilines is 1. The maximum atomic E-state index is 5.16.